The molecule has 0 bridgehead atoms. The molecule has 0 aromatic heterocycles. The average Bonchev–Trinajstić information content (AvgIpc) is 2.30. The minimum atomic E-state index is -0.324. The molecule has 0 amide bonds. The van der Waals surface area contributed by atoms with Gasteiger partial charge in [-0.05, 0) is 37.5 Å². The van der Waals surface area contributed by atoms with E-state index in [0.717, 1.165) is 29.7 Å². The fraction of sp³-hybridized carbons (Fsp3) is 0.571. The summed E-state index contributed by atoms with van der Waals surface area (Å²) in [6.45, 7) is 6.04. The lowest BCUT2D eigenvalue weighted by Crippen LogP contribution is -2.41. The van der Waals surface area contributed by atoms with Gasteiger partial charge in [-0.15, -0.1) is 0 Å². The van der Waals surface area contributed by atoms with E-state index in [2.05, 4.69) is 6.92 Å². The molecular formula is C14H23NO2. The van der Waals surface area contributed by atoms with E-state index in [9.17, 15) is 5.11 Å². The predicted molar refractivity (Wildman–Crippen MR) is 70.3 cm³/mol. The monoisotopic (exact) mass is 237 g/mol. The van der Waals surface area contributed by atoms with E-state index < -0.39 is 0 Å². The van der Waals surface area contributed by atoms with Gasteiger partial charge in [0.15, 0.2) is 0 Å². The van der Waals surface area contributed by atoms with E-state index in [1.54, 1.807) is 0 Å². The predicted octanol–water partition coefficient (Wildman–Crippen LogP) is 2.17. The van der Waals surface area contributed by atoms with Gasteiger partial charge in [0.05, 0.1) is 6.61 Å². The highest BCUT2D eigenvalue weighted by molar-refractivity contribution is 5.36. The molecule has 1 aromatic carbocycles. The maximum Gasteiger partial charge on any atom is 0.137 e. The van der Waals surface area contributed by atoms with Crippen molar-refractivity contribution in [2.75, 3.05) is 6.61 Å². The van der Waals surface area contributed by atoms with E-state index in [-0.39, 0.29) is 18.8 Å². The Hall–Kier alpha value is -1.06. The first-order chi connectivity index (χ1) is 8.08. The highest BCUT2D eigenvalue weighted by Crippen LogP contribution is 2.21. The van der Waals surface area contributed by atoms with Gasteiger partial charge in [-0.25, -0.2) is 0 Å². The van der Waals surface area contributed by atoms with Crippen molar-refractivity contribution in [2.45, 2.75) is 45.8 Å². The summed E-state index contributed by atoms with van der Waals surface area (Å²) in [4.78, 5) is 0. The largest absolute Gasteiger partial charge is 0.486 e. The zero-order valence-electron chi connectivity index (χ0n) is 10.9. The van der Waals surface area contributed by atoms with Crippen LogP contribution in [-0.2, 0) is 0 Å². The number of aliphatic hydroxyl groups is 1. The minimum Gasteiger partial charge on any atom is -0.486 e. The summed E-state index contributed by atoms with van der Waals surface area (Å²) < 4.78 is 5.81. The second-order valence-corrected chi connectivity index (χ2v) is 4.56. The molecule has 2 atom stereocenters. The Morgan fingerprint density at radius 1 is 1.35 bits per heavy atom. The molecule has 3 nitrogen and oxygen atoms in total. The number of nitrogens with two attached hydrogens (primary N) is 1. The molecular weight excluding hydrogens is 214 g/mol. The summed E-state index contributed by atoms with van der Waals surface area (Å²) in [7, 11) is 0. The lowest BCUT2D eigenvalue weighted by Gasteiger charge is -2.24. The van der Waals surface area contributed by atoms with Gasteiger partial charge < -0.3 is 15.6 Å². The summed E-state index contributed by atoms with van der Waals surface area (Å²) in [5.74, 6) is 0.815. The van der Waals surface area contributed by atoms with Gasteiger partial charge in [0, 0.05) is 6.04 Å². The Morgan fingerprint density at radius 3 is 2.65 bits per heavy atom. The highest BCUT2D eigenvalue weighted by atomic mass is 16.5. The third-order valence-electron chi connectivity index (χ3n) is 2.90. The number of ether oxygens (including phenoxy) is 1. The minimum absolute atomic E-state index is 0.0471. The first kappa shape index (κ1) is 14.0. The molecule has 0 aliphatic rings. The van der Waals surface area contributed by atoms with Crippen molar-refractivity contribution in [2.24, 2.45) is 5.73 Å². The Balaban J connectivity index is 2.76. The molecule has 0 saturated heterocycles. The van der Waals surface area contributed by atoms with Gasteiger partial charge in [-0.3, -0.25) is 0 Å². The molecule has 96 valence electrons. The molecule has 0 radical (unpaired) electrons. The van der Waals surface area contributed by atoms with Crippen LogP contribution in [-0.4, -0.2) is 23.9 Å². The molecule has 3 N–H and O–H groups in total. The van der Waals surface area contributed by atoms with Crippen molar-refractivity contribution in [3.8, 4) is 5.75 Å². The van der Waals surface area contributed by atoms with Gasteiger partial charge in [0.25, 0.3) is 0 Å². The molecule has 0 aliphatic heterocycles. The van der Waals surface area contributed by atoms with Crippen LogP contribution >= 0.6 is 0 Å². The molecule has 1 aromatic rings. The maximum atomic E-state index is 9.34. The van der Waals surface area contributed by atoms with Gasteiger partial charge >= 0.3 is 0 Å². The first-order valence-electron chi connectivity index (χ1n) is 6.18. The summed E-state index contributed by atoms with van der Waals surface area (Å²) >= 11 is 0. The van der Waals surface area contributed by atoms with E-state index >= 15 is 0 Å². The van der Waals surface area contributed by atoms with E-state index in [1.807, 2.05) is 32.0 Å². The van der Waals surface area contributed by atoms with Crippen LogP contribution in [0.25, 0.3) is 0 Å². The second kappa shape index (κ2) is 6.62. The Bertz CT molecular complexity index is 352. The van der Waals surface area contributed by atoms with Gasteiger partial charge in [-0.2, -0.15) is 0 Å². The summed E-state index contributed by atoms with van der Waals surface area (Å²) in [6.07, 6.45) is 1.53. The van der Waals surface area contributed by atoms with E-state index in [1.165, 1.54) is 0 Å². The maximum absolute atomic E-state index is 9.34. The number of hydrogen-bond acceptors (Lipinski definition) is 3. The van der Waals surface area contributed by atoms with Crippen molar-refractivity contribution in [3.05, 3.63) is 29.3 Å². The highest BCUT2D eigenvalue weighted by Gasteiger charge is 2.18. The number of hydrogen-bond donors (Lipinski definition) is 2. The smallest absolute Gasteiger partial charge is 0.137 e. The van der Waals surface area contributed by atoms with Crippen molar-refractivity contribution in [3.63, 3.8) is 0 Å². The summed E-state index contributed by atoms with van der Waals surface area (Å²) in [5, 5.41) is 9.34. The SMILES string of the molecule is CCCC(N)C(CO)Oc1cc(C)ccc1C. The van der Waals surface area contributed by atoms with Crippen LogP contribution in [0, 0.1) is 13.8 Å². The van der Waals surface area contributed by atoms with Crippen molar-refractivity contribution >= 4 is 0 Å². The van der Waals surface area contributed by atoms with E-state index in [0.29, 0.717) is 0 Å². The number of aliphatic hydroxyl groups excluding tert-OH is 1. The summed E-state index contributed by atoms with van der Waals surface area (Å²) in [6, 6.07) is 5.92. The van der Waals surface area contributed by atoms with Crippen LogP contribution in [0.5, 0.6) is 5.75 Å². The zero-order chi connectivity index (χ0) is 12.8. The molecule has 1 rings (SSSR count). The third kappa shape index (κ3) is 4.02. The zero-order valence-corrected chi connectivity index (χ0v) is 10.9. The summed E-state index contributed by atoms with van der Waals surface area (Å²) in [5.41, 5.74) is 8.20. The molecule has 0 heterocycles. The van der Waals surface area contributed by atoms with Crippen molar-refractivity contribution < 1.29 is 9.84 Å². The lowest BCUT2D eigenvalue weighted by atomic mass is 10.1. The Kier molecular flexibility index (Phi) is 5.45. The topological polar surface area (TPSA) is 55.5 Å². The third-order valence-corrected chi connectivity index (χ3v) is 2.90. The van der Waals surface area contributed by atoms with Crippen LogP contribution in [0.4, 0.5) is 0 Å². The van der Waals surface area contributed by atoms with Gasteiger partial charge in [0.1, 0.15) is 11.9 Å². The number of rotatable bonds is 6. The van der Waals surface area contributed by atoms with Gasteiger partial charge in [-0.1, -0.05) is 25.5 Å². The van der Waals surface area contributed by atoms with Crippen LogP contribution in [0.2, 0.25) is 0 Å². The van der Waals surface area contributed by atoms with Crippen LogP contribution < -0.4 is 10.5 Å². The van der Waals surface area contributed by atoms with Gasteiger partial charge in [0.2, 0.25) is 0 Å². The lowest BCUT2D eigenvalue weighted by molar-refractivity contribution is 0.0910. The Morgan fingerprint density at radius 2 is 2.06 bits per heavy atom. The fourth-order valence-corrected chi connectivity index (χ4v) is 1.78. The normalized spacial score (nSPS) is 14.4. The van der Waals surface area contributed by atoms with Crippen LogP contribution in [0.3, 0.4) is 0 Å². The van der Waals surface area contributed by atoms with Crippen molar-refractivity contribution in [1.82, 2.24) is 0 Å². The Labute approximate surface area is 104 Å². The molecule has 2 unspecified atom stereocenters. The first-order valence-corrected chi connectivity index (χ1v) is 6.18. The molecule has 17 heavy (non-hydrogen) atoms. The molecule has 0 saturated carbocycles. The molecule has 0 fully saturated rings. The van der Waals surface area contributed by atoms with Crippen LogP contribution in [0.15, 0.2) is 18.2 Å². The molecule has 0 spiro atoms. The van der Waals surface area contributed by atoms with Crippen LogP contribution in [0.1, 0.15) is 30.9 Å². The molecule has 0 aliphatic carbocycles. The van der Waals surface area contributed by atoms with Crippen molar-refractivity contribution in [1.29, 1.82) is 0 Å². The number of aryl methyl sites for hydroxylation is 2. The molecule has 3 heteroatoms. The average molecular weight is 237 g/mol. The fourth-order valence-electron chi connectivity index (χ4n) is 1.78. The quantitative estimate of drug-likeness (QED) is 0.797. The second-order valence-electron chi connectivity index (χ2n) is 4.56. The number of benzene rings is 1. The standard InChI is InChI=1S/C14H23NO2/c1-4-5-12(15)14(9-16)17-13-8-10(2)6-7-11(13)3/h6-8,12,14,16H,4-5,9,15H2,1-3H3. The van der Waals surface area contributed by atoms with E-state index in [4.69, 9.17) is 10.5 Å².